The van der Waals surface area contributed by atoms with E-state index in [4.69, 9.17) is 14.0 Å². The van der Waals surface area contributed by atoms with E-state index in [1.165, 1.54) is 0 Å². The van der Waals surface area contributed by atoms with Crippen molar-refractivity contribution in [2.45, 2.75) is 31.8 Å². The highest BCUT2D eigenvalue weighted by molar-refractivity contribution is 5.83. The molecule has 6 heteroatoms. The monoisotopic (exact) mass is 226 g/mol. The number of hydrogen-bond acceptors (Lipinski definition) is 6. The molecule has 0 spiro atoms. The van der Waals surface area contributed by atoms with E-state index < -0.39 is 11.6 Å². The van der Waals surface area contributed by atoms with Gasteiger partial charge in [0.1, 0.15) is 5.60 Å². The van der Waals surface area contributed by atoms with Crippen molar-refractivity contribution in [3.05, 3.63) is 11.7 Å². The number of nitrogens with zero attached hydrogens (tertiary/aromatic N) is 2. The Morgan fingerprint density at radius 1 is 1.56 bits per heavy atom. The van der Waals surface area contributed by atoms with Crippen LogP contribution in [0, 0.1) is 0 Å². The minimum Gasteiger partial charge on any atom is -0.459 e. The predicted molar refractivity (Wildman–Crippen MR) is 52.8 cm³/mol. The molecule has 1 aromatic rings. The van der Waals surface area contributed by atoms with E-state index in [9.17, 15) is 4.79 Å². The molecule has 0 aromatic carbocycles. The van der Waals surface area contributed by atoms with E-state index in [1.54, 1.807) is 14.0 Å². The molecular formula is C10H14N2O4. The van der Waals surface area contributed by atoms with Gasteiger partial charge in [0.2, 0.25) is 5.82 Å². The largest absolute Gasteiger partial charge is 0.459 e. The molecule has 1 fully saturated rings. The molecule has 1 aliphatic carbocycles. The third-order valence-corrected chi connectivity index (χ3v) is 2.84. The molecular weight excluding hydrogens is 212 g/mol. The Labute approximate surface area is 92.9 Å². The van der Waals surface area contributed by atoms with Crippen molar-refractivity contribution in [2.75, 3.05) is 13.7 Å². The first kappa shape index (κ1) is 11.1. The minimum atomic E-state index is -0.591. The van der Waals surface area contributed by atoms with Crippen molar-refractivity contribution in [3.8, 4) is 0 Å². The van der Waals surface area contributed by atoms with E-state index in [-0.39, 0.29) is 12.5 Å². The molecule has 0 aliphatic heterocycles. The molecule has 0 unspecified atom stereocenters. The zero-order valence-electron chi connectivity index (χ0n) is 9.36. The Morgan fingerprint density at radius 3 is 2.81 bits per heavy atom. The Kier molecular flexibility index (Phi) is 2.91. The van der Waals surface area contributed by atoms with Crippen molar-refractivity contribution in [1.82, 2.24) is 10.1 Å². The molecule has 2 rings (SSSR count). The third-order valence-electron chi connectivity index (χ3n) is 2.84. The molecule has 1 aliphatic rings. The molecule has 88 valence electrons. The Hall–Kier alpha value is -1.43. The molecule has 0 N–H and O–H groups in total. The fourth-order valence-corrected chi connectivity index (χ4v) is 1.70. The summed E-state index contributed by atoms with van der Waals surface area (Å²) >= 11 is 0. The van der Waals surface area contributed by atoms with Crippen molar-refractivity contribution in [2.24, 2.45) is 0 Å². The maximum atomic E-state index is 11.3. The van der Waals surface area contributed by atoms with Crippen molar-refractivity contribution in [1.29, 1.82) is 0 Å². The van der Waals surface area contributed by atoms with Gasteiger partial charge in [-0.1, -0.05) is 5.16 Å². The molecule has 0 amide bonds. The zero-order valence-corrected chi connectivity index (χ0v) is 9.36. The van der Waals surface area contributed by atoms with Gasteiger partial charge in [-0.15, -0.1) is 0 Å². The summed E-state index contributed by atoms with van der Waals surface area (Å²) in [7, 11) is 1.61. The van der Waals surface area contributed by atoms with Crippen molar-refractivity contribution >= 4 is 5.97 Å². The Balaban J connectivity index is 2.16. The fraction of sp³-hybridized carbons (Fsp3) is 0.700. The third kappa shape index (κ3) is 1.69. The van der Waals surface area contributed by atoms with Crippen molar-refractivity contribution in [3.63, 3.8) is 0 Å². The maximum absolute atomic E-state index is 11.3. The van der Waals surface area contributed by atoms with Crippen LogP contribution in [0.3, 0.4) is 0 Å². The van der Waals surface area contributed by atoms with Crippen LogP contribution in [-0.4, -0.2) is 29.8 Å². The predicted octanol–water partition coefficient (Wildman–Crippen LogP) is 1.27. The second-order valence-electron chi connectivity index (χ2n) is 3.70. The van der Waals surface area contributed by atoms with E-state index in [2.05, 4.69) is 10.1 Å². The topological polar surface area (TPSA) is 74.5 Å². The summed E-state index contributed by atoms with van der Waals surface area (Å²) < 4.78 is 15.0. The van der Waals surface area contributed by atoms with Crippen LogP contribution < -0.4 is 0 Å². The van der Waals surface area contributed by atoms with Crippen LogP contribution in [0.2, 0.25) is 0 Å². The summed E-state index contributed by atoms with van der Waals surface area (Å²) in [6.45, 7) is 2.00. The highest BCUT2D eigenvalue weighted by Crippen LogP contribution is 2.42. The number of ether oxygens (including phenoxy) is 2. The highest BCUT2D eigenvalue weighted by atomic mass is 16.6. The SMILES string of the molecule is CCOC(=O)c1nc(C2(OC)CCC2)no1. The van der Waals surface area contributed by atoms with Crippen LogP contribution in [0.5, 0.6) is 0 Å². The average molecular weight is 226 g/mol. The molecule has 16 heavy (non-hydrogen) atoms. The molecule has 0 saturated heterocycles. The van der Waals surface area contributed by atoms with Crippen LogP contribution >= 0.6 is 0 Å². The lowest BCUT2D eigenvalue weighted by molar-refractivity contribution is -0.0858. The number of hydrogen-bond donors (Lipinski definition) is 0. The lowest BCUT2D eigenvalue weighted by atomic mass is 9.79. The lowest BCUT2D eigenvalue weighted by Gasteiger charge is -2.37. The molecule has 0 atom stereocenters. The van der Waals surface area contributed by atoms with Crippen LogP contribution in [0.25, 0.3) is 0 Å². The van der Waals surface area contributed by atoms with Gasteiger partial charge in [0.25, 0.3) is 0 Å². The lowest BCUT2D eigenvalue weighted by Crippen LogP contribution is -2.37. The number of esters is 1. The van der Waals surface area contributed by atoms with Crippen LogP contribution in [0.4, 0.5) is 0 Å². The normalized spacial score (nSPS) is 17.9. The number of methoxy groups -OCH3 is 1. The van der Waals surface area contributed by atoms with Gasteiger partial charge in [-0.05, 0) is 26.2 Å². The second-order valence-corrected chi connectivity index (χ2v) is 3.70. The van der Waals surface area contributed by atoms with Gasteiger partial charge in [0.15, 0.2) is 0 Å². The standard InChI is InChI=1S/C10H14N2O4/c1-3-15-8(13)7-11-9(12-16-7)10(14-2)5-4-6-10/h3-6H2,1-2H3. The fourth-order valence-electron chi connectivity index (χ4n) is 1.70. The van der Waals surface area contributed by atoms with Gasteiger partial charge >= 0.3 is 11.9 Å². The smallest absolute Gasteiger partial charge is 0.397 e. The molecule has 0 radical (unpaired) electrons. The van der Waals surface area contributed by atoms with Gasteiger partial charge in [-0.2, -0.15) is 4.98 Å². The second kappa shape index (κ2) is 4.21. The summed E-state index contributed by atoms with van der Waals surface area (Å²) in [4.78, 5) is 15.3. The van der Waals surface area contributed by atoms with E-state index in [0.717, 1.165) is 19.3 Å². The maximum Gasteiger partial charge on any atom is 0.397 e. The number of rotatable bonds is 4. The summed E-state index contributed by atoms with van der Waals surface area (Å²) in [6.07, 6.45) is 2.77. The van der Waals surface area contributed by atoms with E-state index in [1.807, 2.05) is 0 Å². The first-order valence-corrected chi connectivity index (χ1v) is 5.28. The highest BCUT2D eigenvalue weighted by Gasteiger charge is 2.43. The molecule has 6 nitrogen and oxygen atoms in total. The minimum absolute atomic E-state index is 0.111. The van der Waals surface area contributed by atoms with Gasteiger partial charge in [-0.25, -0.2) is 4.79 Å². The van der Waals surface area contributed by atoms with Gasteiger partial charge in [-0.3, -0.25) is 0 Å². The number of carbonyl (C=O) groups is 1. The van der Waals surface area contributed by atoms with Crippen LogP contribution in [-0.2, 0) is 15.1 Å². The zero-order chi connectivity index (χ0) is 11.6. The molecule has 1 saturated carbocycles. The summed E-state index contributed by atoms with van der Waals surface area (Å²) in [5.74, 6) is -0.267. The number of aromatic nitrogens is 2. The van der Waals surface area contributed by atoms with Gasteiger partial charge < -0.3 is 14.0 Å². The first-order valence-electron chi connectivity index (χ1n) is 5.28. The van der Waals surface area contributed by atoms with Gasteiger partial charge in [0.05, 0.1) is 6.61 Å². The number of carbonyl (C=O) groups excluding carboxylic acids is 1. The van der Waals surface area contributed by atoms with E-state index in [0.29, 0.717) is 5.82 Å². The summed E-state index contributed by atoms with van der Waals surface area (Å²) in [5, 5.41) is 3.77. The Morgan fingerprint density at radius 2 is 2.31 bits per heavy atom. The molecule has 0 bridgehead atoms. The summed E-state index contributed by atoms with van der Waals surface area (Å²) in [5.41, 5.74) is -0.464. The van der Waals surface area contributed by atoms with E-state index >= 15 is 0 Å². The molecule has 1 heterocycles. The van der Waals surface area contributed by atoms with Crippen LogP contribution in [0.1, 0.15) is 42.7 Å². The summed E-state index contributed by atoms with van der Waals surface area (Å²) in [6, 6.07) is 0. The quantitative estimate of drug-likeness (QED) is 0.720. The van der Waals surface area contributed by atoms with Gasteiger partial charge in [0, 0.05) is 7.11 Å². The van der Waals surface area contributed by atoms with Crippen molar-refractivity contribution < 1.29 is 18.8 Å². The first-order chi connectivity index (χ1) is 7.72. The van der Waals surface area contributed by atoms with Crippen LogP contribution in [0.15, 0.2) is 4.52 Å². The molecule has 1 aromatic heterocycles. The average Bonchev–Trinajstić information content (AvgIpc) is 2.67. The Bertz CT molecular complexity index is 378.